The summed E-state index contributed by atoms with van der Waals surface area (Å²) in [6.45, 7) is 3.86. The highest BCUT2D eigenvalue weighted by molar-refractivity contribution is 7.89. The fourth-order valence-corrected chi connectivity index (χ4v) is 3.34. The van der Waals surface area contributed by atoms with E-state index in [0.717, 1.165) is 10.7 Å². The normalized spacial score (nSPS) is 12.5. The first kappa shape index (κ1) is 21.6. The second kappa shape index (κ2) is 8.99. The number of benzene rings is 2. The number of carbonyl (C=O) groups excluding carboxylic acids is 2. The van der Waals surface area contributed by atoms with Crippen molar-refractivity contribution in [1.29, 1.82) is 0 Å². The fraction of sp³-hybridized carbons (Fsp3) is 0.300. The molecular formula is C20H25N3O4S. The van der Waals surface area contributed by atoms with Gasteiger partial charge in [-0.3, -0.25) is 9.59 Å². The lowest BCUT2D eigenvalue weighted by molar-refractivity contribution is 0.0940. The SMILES string of the molecule is CCC(C)NC(=O)c1ccccc1NC(=O)c1cccc(S(=O)(=O)N(C)C)c1. The van der Waals surface area contributed by atoms with Crippen molar-refractivity contribution in [3.8, 4) is 0 Å². The summed E-state index contributed by atoms with van der Waals surface area (Å²) >= 11 is 0. The van der Waals surface area contributed by atoms with Crippen molar-refractivity contribution in [2.75, 3.05) is 19.4 Å². The highest BCUT2D eigenvalue weighted by Gasteiger charge is 2.20. The number of carbonyl (C=O) groups is 2. The second-order valence-corrected chi connectivity index (χ2v) is 8.75. The van der Waals surface area contributed by atoms with E-state index in [1.807, 2.05) is 13.8 Å². The quantitative estimate of drug-likeness (QED) is 0.743. The number of hydrogen-bond donors (Lipinski definition) is 2. The van der Waals surface area contributed by atoms with E-state index in [-0.39, 0.29) is 22.4 Å². The smallest absolute Gasteiger partial charge is 0.255 e. The molecule has 8 heteroatoms. The maximum Gasteiger partial charge on any atom is 0.255 e. The number of hydrogen-bond acceptors (Lipinski definition) is 4. The van der Waals surface area contributed by atoms with Crippen LogP contribution in [0.2, 0.25) is 0 Å². The van der Waals surface area contributed by atoms with Crippen LogP contribution < -0.4 is 10.6 Å². The zero-order valence-electron chi connectivity index (χ0n) is 16.4. The molecule has 7 nitrogen and oxygen atoms in total. The monoisotopic (exact) mass is 403 g/mol. The molecule has 2 aromatic rings. The van der Waals surface area contributed by atoms with Gasteiger partial charge in [0.15, 0.2) is 0 Å². The molecule has 2 N–H and O–H groups in total. The number of rotatable bonds is 7. The summed E-state index contributed by atoms with van der Waals surface area (Å²) in [5.41, 5.74) is 0.877. The van der Waals surface area contributed by atoms with E-state index in [0.29, 0.717) is 11.3 Å². The first-order valence-electron chi connectivity index (χ1n) is 8.90. The third-order valence-electron chi connectivity index (χ3n) is 4.28. The van der Waals surface area contributed by atoms with Crippen LogP contribution in [0.25, 0.3) is 0 Å². The molecule has 0 saturated heterocycles. The molecule has 0 aliphatic rings. The van der Waals surface area contributed by atoms with Crippen LogP contribution in [0, 0.1) is 0 Å². The minimum absolute atomic E-state index is 0.00387. The Morgan fingerprint density at radius 3 is 2.36 bits per heavy atom. The first-order valence-corrected chi connectivity index (χ1v) is 10.3. The van der Waals surface area contributed by atoms with Crippen molar-refractivity contribution >= 4 is 27.5 Å². The summed E-state index contributed by atoms with van der Waals surface area (Å²) in [6.07, 6.45) is 0.785. The van der Waals surface area contributed by atoms with Gasteiger partial charge in [-0.25, -0.2) is 12.7 Å². The van der Waals surface area contributed by atoms with Crippen LogP contribution in [-0.4, -0.2) is 44.7 Å². The average molecular weight is 404 g/mol. The van der Waals surface area contributed by atoms with Crippen LogP contribution >= 0.6 is 0 Å². The number of nitrogens with zero attached hydrogens (tertiary/aromatic N) is 1. The summed E-state index contributed by atoms with van der Waals surface area (Å²) < 4.78 is 25.6. The van der Waals surface area contributed by atoms with Gasteiger partial charge in [0.2, 0.25) is 10.0 Å². The Hall–Kier alpha value is -2.71. The van der Waals surface area contributed by atoms with Crippen LogP contribution in [0.5, 0.6) is 0 Å². The molecule has 0 aliphatic carbocycles. The molecule has 1 atom stereocenters. The molecule has 2 aromatic carbocycles. The van der Waals surface area contributed by atoms with Crippen LogP contribution in [0.15, 0.2) is 53.4 Å². The molecule has 0 saturated carbocycles. The standard InChI is InChI=1S/C20H25N3O4S/c1-5-14(2)21-20(25)17-11-6-7-12-18(17)22-19(24)15-9-8-10-16(13-15)28(26,27)23(3)4/h6-14H,5H2,1-4H3,(H,21,25)(H,22,24). The van der Waals surface area contributed by atoms with E-state index < -0.39 is 15.9 Å². The number of sulfonamides is 1. The van der Waals surface area contributed by atoms with Gasteiger partial charge in [0, 0.05) is 25.7 Å². The fourth-order valence-electron chi connectivity index (χ4n) is 2.40. The van der Waals surface area contributed by atoms with Gasteiger partial charge >= 0.3 is 0 Å². The van der Waals surface area contributed by atoms with Crippen LogP contribution in [0.3, 0.4) is 0 Å². The Balaban J connectivity index is 2.28. The molecule has 150 valence electrons. The van der Waals surface area contributed by atoms with Gasteiger partial charge in [-0.15, -0.1) is 0 Å². The van der Waals surface area contributed by atoms with E-state index in [1.54, 1.807) is 24.3 Å². The molecule has 0 heterocycles. The Bertz CT molecular complexity index is 971. The van der Waals surface area contributed by atoms with Crippen LogP contribution in [0.1, 0.15) is 41.0 Å². The van der Waals surface area contributed by atoms with Crippen LogP contribution in [0.4, 0.5) is 5.69 Å². The summed E-state index contributed by atoms with van der Waals surface area (Å²) in [4.78, 5) is 25.2. The van der Waals surface area contributed by atoms with Crippen molar-refractivity contribution in [2.24, 2.45) is 0 Å². The molecule has 2 amide bonds. The maximum atomic E-state index is 12.7. The van der Waals surface area contributed by atoms with E-state index >= 15 is 0 Å². The van der Waals surface area contributed by atoms with Gasteiger partial charge in [0.1, 0.15) is 0 Å². The molecule has 0 aliphatic heterocycles. The van der Waals surface area contributed by atoms with Gasteiger partial charge in [-0.05, 0) is 43.7 Å². The van der Waals surface area contributed by atoms with Crippen molar-refractivity contribution in [2.45, 2.75) is 31.2 Å². The highest BCUT2D eigenvalue weighted by atomic mass is 32.2. The molecule has 0 fully saturated rings. The van der Waals surface area contributed by atoms with Gasteiger partial charge in [-0.1, -0.05) is 25.1 Å². The largest absolute Gasteiger partial charge is 0.350 e. The summed E-state index contributed by atoms with van der Waals surface area (Å²) in [6, 6.07) is 12.5. The Kier molecular flexibility index (Phi) is 6.93. The van der Waals surface area contributed by atoms with Crippen molar-refractivity contribution in [3.63, 3.8) is 0 Å². The summed E-state index contributed by atoms with van der Waals surface area (Å²) in [7, 11) is -0.805. The first-order chi connectivity index (χ1) is 13.2. The minimum atomic E-state index is -3.65. The predicted molar refractivity (Wildman–Crippen MR) is 109 cm³/mol. The zero-order chi connectivity index (χ0) is 20.9. The zero-order valence-corrected chi connectivity index (χ0v) is 17.2. The molecule has 0 radical (unpaired) electrons. The maximum absolute atomic E-state index is 12.7. The number of nitrogens with one attached hydrogen (secondary N) is 2. The van der Waals surface area contributed by atoms with E-state index in [9.17, 15) is 18.0 Å². The number of para-hydroxylation sites is 1. The lowest BCUT2D eigenvalue weighted by atomic mass is 10.1. The van der Waals surface area contributed by atoms with Gasteiger partial charge in [0.05, 0.1) is 16.1 Å². The van der Waals surface area contributed by atoms with Crippen molar-refractivity contribution < 1.29 is 18.0 Å². The Morgan fingerprint density at radius 2 is 1.71 bits per heavy atom. The van der Waals surface area contributed by atoms with Crippen molar-refractivity contribution in [3.05, 3.63) is 59.7 Å². The number of anilines is 1. The van der Waals surface area contributed by atoms with Gasteiger partial charge in [-0.2, -0.15) is 0 Å². The molecule has 28 heavy (non-hydrogen) atoms. The minimum Gasteiger partial charge on any atom is -0.350 e. The van der Waals surface area contributed by atoms with E-state index in [1.165, 1.54) is 38.4 Å². The predicted octanol–water partition coefficient (Wildman–Crippen LogP) is 2.72. The third kappa shape index (κ3) is 4.96. The van der Waals surface area contributed by atoms with Gasteiger partial charge in [0.25, 0.3) is 11.8 Å². The van der Waals surface area contributed by atoms with Gasteiger partial charge < -0.3 is 10.6 Å². The Morgan fingerprint density at radius 1 is 1.04 bits per heavy atom. The second-order valence-electron chi connectivity index (χ2n) is 6.60. The lowest BCUT2D eigenvalue weighted by Crippen LogP contribution is -2.32. The summed E-state index contributed by atoms with van der Waals surface area (Å²) in [5, 5.41) is 5.56. The molecule has 0 spiro atoms. The Labute approximate surface area is 165 Å². The molecular weight excluding hydrogens is 378 g/mol. The van der Waals surface area contributed by atoms with E-state index in [2.05, 4.69) is 10.6 Å². The third-order valence-corrected chi connectivity index (χ3v) is 6.10. The molecule has 0 aromatic heterocycles. The highest BCUT2D eigenvalue weighted by Crippen LogP contribution is 2.19. The lowest BCUT2D eigenvalue weighted by Gasteiger charge is -2.15. The van der Waals surface area contributed by atoms with E-state index in [4.69, 9.17) is 0 Å². The number of amides is 2. The van der Waals surface area contributed by atoms with Crippen molar-refractivity contribution in [1.82, 2.24) is 9.62 Å². The summed E-state index contributed by atoms with van der Waals surface area (Å²) in [5.74, 6) is -0.784. The topological polar surface area (TPSA) is 95.6 Å². The van der Waals surface area contributed by atoms with Crippen LogP contribution in [-0.2, 0) is 10.0 Å². The molecule has 1 unspecified atom stereocenters. The molecule has 2 rings (SSSR count). The molecule has 0 bridgehead atoms. The average Bonchev–Trinajstić information content (AvgIpc) is 2.68.